The van der Waals surface area contributed by atoms with Crippen molar-refractivity contribution in [3.63, 3.8) is 0 Å². The lowest BCUT2D eigenvalue weighted by Gasteiger charge is -2.23. The average Bonchev–Trinajstić information content (AvgIpc) is 3.37. The topological polar surface area (TPSA) is 150 Å². The molecule has 0 fully saturated rings. The number of aryl methyl sites for hydroxylation is 1. The SMILES string of the molecule is COC(=O)c1c(C)cc(N[C@@H](Cc2c[nH]c3ccccc23)C(=O)OC)c(C(=O)OC)c1-c1cccc([N+](=O)[O-])c1. The Morgan fingerprint density at radius 2 is 1.65 bits per heavy atom. The number of nitrogens with zero attached hydrogens (tertiary/aromatic N) is 1. The zero-order chi connectivity index (χ0) is 29.0. The maximum absolute atomic E-state index is 13.3. The summed E-state index contributed by atoms with van der Waals surface area (Å²) < 4.78 is 15.1. The maximum atomic E-state index is 13.3. The Morgan fingerprint density at radius 3 is 2.33 bits per heavy atom. The van der Waals surface area contributed by atoms with E-state index in [-0.39, 0.29) is 40.0 Å². The van der Waals surface area contributed by atoms with Crippen molar-refractivity contribution in [1.29, 1.82) is 0 Å². The van der Waals surface area contributed by atoms with Gasteiger partial charge in [0, 0.05) is 41.2 Å². The molecule has 40 heavy (non-hydrogen) atoms. The molecule has 2 N–H and O–H groups in total. The van der Waals surface area contributed by atoms with E-state index >= 15 is 0 Å². The first-order valence-corrected chi connectivity index (χ1v) is 12.2. The molecular formula is C29H27N3O8. The molecule has 0 aliphatic carbocycles. The van der Waals surface area contributed by atoms with Gasteiger partial charge in [-0.1, -0.05) is 30.3 Å². The second-order valence-corrected chi connectivity index (χ2v) is 8.94. The molecule has 0 spiro atoms. The van der Waals surface area contributed by atoms with Gasteiger partial charge in [0.2, 0.25) is 0 Å². The van der Waals surface area contributed by atoms with Crippen LogP contribution < -0.4 is 5.32 Å². The maximum Gasteiger partial charge on any atom is 0.340 e. The molecule has 4 aromatic rings. The van der Waals surface area contributed by atoms with E-state index in [0.717, 1.165) is 16.5 Å². The molecule has 3 aromatic carbocycles. The Bertz CT molecular complexity index is 1630. The van der Waals surface area contributed by atoms with Gasteiger partial charge in [-0.15, -0.1) is 0 Å². The Kier molecular flexibility index (Phi) is 8.13. The highest BCUT2D eigenvalue weighted by molar-refractivity contribution is 6.11. The fourth-order valence-electron chi connectivity index (χ4n) is 4.72. The van der Waals surface area contributed by atoms with Crippen LogP contribution in [0.3, 0.4) is 0 Å². The molecule has 0 saturated heterocycles. The fraction of sp³-hybridized carbons (Fsp3) is 0.207. The molecule has 0 aliphatic heterocycles. The van der Waals surface area contributed by atoms with E-state index in [0.29, 0.717) is 5.56 Å². The number of rotatable bonds is 9. The number of ether oxygens (including phenoxy) is 3. The Labute approximate surface area is 229 Å². The average molecular weight is 546 g/mol. The third-order valence-corrected chi connectivity index (χ3v) is 6.56. The summed E-state index contributed by atoms with van der Waals surface area (Å²) in [4.78, 5) is 53.3. The van der Waals surface area contributed by atoms with Crippen LogP contribution in [0.25, 0.3) is 22.0 Å². The summed E-state index contributed by atoms with van der Waals surface area (Å²) in [6.07, 6.45) is 1.99. The number of carbonyl (C=O) groups excluding carboxylic acids is 3. The summed E-state index contributed by atoms with van der Waals surface area (Å²) in [7, 11) is 3.62. The van der Waals surface area contributed by atoms with E-state index in [9.17, 15) is 24.5 Å². The van der Waals surface area contributed by atoms with Crippen LogP contribution in [0, 0.1) is 17.0 Å². The van der Waals surface area contributed by atoms with Crippen LogP contribution in [0.1, 0.15) is 31.8 Å². The molecule has 0 saturated carbocycles. The number of H-pyrrole nitrogens is 1. The molecule has 11 heteroatoms. The van der Waals surface area contributed by atoms with Crippen LogP contribution >= 0.6 is 0 Å². The van der Waals surface area contributed by atoms with Crippen molar-refractivity contribution in [3.05, 3.63) is 93.2 Å². The third kappa shape index (κ3) is 5.35. The predicted octanol–water partition coefficient (Wildman–Crippen LogP) is 4.82. The molecule has 0 radical (unpaired) electrons. The molecule has 1 aromatic heterocycles. The molecule has 0 unspecified atom stereocenters. The summed E-state index contributed by atoms with van der Waals surface area (Å²) in [6, 6.07) is 13.7. The van der Waals surface area contributed by atoms with Crippen LogP contribution in [0.4, 0.5) is 11.4 Å². The number of nitro groups is 1. The molecule has 4 rings (SSSR count). The number of fused-ring (bicyclic) bond motifs is 1. The lowest BCUT2D eigenvalue weighted by atomic mass is 9.89. The van der Waals surface area contributed by atoms with E-state index in [1.54, 1.807) is 13.1 Å². The van der Waals surface area contributed by atoms with Gasteiger partial charge in [0.1, 0.15) is 6.04 Å². The van der Waals surface area contributed by atoms with E-state index in [1.165, 1.54) is 51.7 Å². The molecule has 0 bridgehead atoms. The number of methoxy groups -OCH3 is 3. The Morgan fingerprint density at radius 1 is 0.950 bits per heavy atom. The second-order valence-electron chi connectivity index (χ2n) is 8.94. The molecule has 0 amide bonds. The number of non-ortho nitro benzene ring substituents is 1. The van der Waals surface area contributed by atoms with E-state index in [4.69, 9.17) is 14.2 Å². The largest absolute Gasteiger partial charge is 0.467 e. The van der Waals surface area contributed by atoms with Crippen LogP contribution in [0.2, 0.25) is 0 Å². The number of hydrogen-bond acceptors (Lipinski definition) is 9. The summed E-state index contributed by atoms with van der Waals surface area (Å²) in [5.41, 5.74) is 2.28. The van der Waals surface area contributed by atoms with Crippen LogP contribution in [-0.2, 0) is 25.4 Å². The number of anilines is 1. The van der Waals surface area contributed by atoms with Crippen molar-refractivity contribution in [1.82, 2.24) is 4.98 Å². The second kappa shape index (κ2) is 11.7. The minimum Gasteiger partial charge on any atom is -0.467 e. The predicted molar refractivity (Wildman–Crippen MR) is 147 cm³/mol. The molecule has 0 aliphatic rings. The third-order valence-electron chi connectivity index (χ3n) is 6.56. The molecule has 1 atom stereocenters. The molecule has 206 valence electrons. The molecule has 1 heterocycles. The lowest BCUT2D eigenvalue weighted by Crippen LogP contribution is -2.33. The van der Waals surface area contributed by atoms with E-state index < -0.39 is 28.9 Å². The number of aromatic amines is 1. The number of aromatic nitrogens is 1. The highest BCUT2D eigenvalue weighted by Crippen LogP contribution is 2.38. The first kappa shape index (κ1) is 27.8. The van der Waals surface area contributed by atoms with Crippen molar-refractivity contribution in [2.24, 2.45) is 0 Å². The quantitative estimate of drug-likeness (QED) is 0.131. The molecule has 11 nitrogen and oxygen atoms in total. The van der Waals surface area contributed by atoms with Gasteiger partial charge < -0.3 is 24.5 Å². The van der Waals surface area contributed by atoms with Crippen LogP contribution in [0.5, 0.6) is 0 Å². The van der Waals surface area contributed by atoms with Crippen molar-refractivity contribution in [2.75, 3.05) is 26.6 Å². The smallest absolute Gasteiger partial charge is 0.340 e. The normalized spacial score (nSPS) is 11.5. The number of nitrogens with one attached hydrogen (secondary N) is 2. The summed E-state index contributed by atoms with van der Waals surface area (Å²) in [6.45, 7) is 1.63. The minimum atomic E-state index is -0.950. The molecular weight excluding hydrogens is 518 g/mol. The Balaban J connectivity index is 1.93. The zero-order valence-electron chi connectivity index (χ0n) is 22.3. The number of carbonyl (C=O) groups is 3. The lowest BCUT2D eigenvalue weighted by molar-refractivity contribution is -0.384. The van der Waals surface area contributed by atoms with Crippen LogP contribution in [-0.4, -0.2) is 55.2 Å². The van der Waals surface area contributed by atoms with Crippen molar-refractivity contribution >= 4 is 40.2 Å². The summed E-state index contributed by atoms with van der Waals surface area (Å²) >= 11 is 0. The number of para-hydroxylation sites is 1. The number of nitro benzene ring substituents is 1. The standard InChI is InChI=1S/C29H27N3O8/c1-16-12-22(31-23(27(33)38-2)14-18-15-30-21-11-6-5-10-20(18)21)26(29(35)40-4)25(24(16)28(34)39-3)17-8-7-9-19(13-17)32(36)37/h5-13,15,23,30-31H,14H2,1-4H3/t23-/m0/s1. The Hall–Kier alpha value is -5.19. The highest BCUT2D eigenvalue weighted by Gasteiger charge is 2.31. The van der Waals surface area contributed by atoms with Gasteiger partial charge in [-0.25, -0.2) is 14.4 Å². The number of hydrogen-bond donors (Lipinski definition) is 2. The van der Waals surface area contributed by atoms with Crippen molar-refractivity contribution in [3.8, 4) is 11.1 Å². The van der Waals surface area contributed by atoms with E-state index in [2.05, 4.69) is 10.3 Å². The first-order chi connectivity index (χ1) is 19.2. The summed E-state index contributed by atoms with van der Waals surface area (Å²) in [5, 5.41) is 15.6. The summed E-state index contributed by atoms with van der Waals surface area (Å²) in [5.74, 6) is -2.17. The minimum absolute atomic E-state index is 0.0280. The van der Waals surface area contributed by atoms with Gasteiger partial charge in [-0.2, -0.15) is 0 Å². The van der Waals surface area contributed by atoms with Gasteiger partial charge in [0.15, 0.2) is 0 Å². The van der Waals surface area contributed by atoms with Gasteiger partial charge in [0.05, 0.1) is 43.1 Å². The van der Waals surface area contributed by atoms with Gasteiger partial charge >= 0.3 is 17.9 Å². The van der Waals surface area contributed by atoms with E-state index in [1.807, 2.05) is 24.3 Å². The van der Waals surface area contributed by atoms with Gasteiger partial charge in [-0.05, 0) is 35.7 Å². The van der Waals surface area contributed by atoms with Crippen molar-refractivity contribution in [2.45, 2.75) is 19.4 Å². The fourth-order valence-corrected chi connectivity index (χ4v) is 4.72. The van der Waals surface area contributed by atoms with Crippen LogP contribution in [0.15, 0.2) is 60.8 Å². The highest BCUT2D eigenvalue weighted by atomic mass is 16.6. The van der Waals surface area contributed by atoms with Crippen molar-refractivity contribution < 1.29 is 33.5 Å². The monoisotopic (exact) mass is 545 g/mol. The number of esters is 3. The number of benzene rings is 3. The first-order valence-electron chi connectivity index (χ1n) is 12.2. The zero-order valence-corrected chi connectivity index (χ0v) is 22.3. The van der Waals surface area contributed by atoms with Gasteiger partial charge in [0.25, 0.3) is 5.69 Å². The van der Waals surface area contributed by atoms with Gasteiger partial charge in [-0.3, -0.25) is 10.1 Å².